The number of ether oxygens (including phenoxy) is 1. The van der Waals surface area contributed by atoms with Crippen molar-refractivity contribution in [2.24, 2.45) is 0 Å². The van der Waals surface area contributed by atoms with Crippen LogP contribution in [0.25, 0.3) is 0 Å². The largest absolute Gasteiger partial charge is 0.451 e. The van der Waals surface area contributed by atoms with E-state index in [1.807, 2.05) is 0 Å². The van der Waals surface area contributed by atoms with Gasteiger partial charge in [-0.15, -0.1) is 0 Å². The molecule has 0 saturated heterocycles. The van der Waals surface area contributed by atoms with E-state index in [1.54, 1.807) is 12.1 Å². The summed E-state index contributed by atoms with van der Waals surface area (Å²) < 4.78 is 20.0. The highest BCUT2D eigenvalue weighted by Gasteiger charge is 2.11. The maximum Gasteiger partial charge on any atom is 0.348 e. The fourth-order valence-electron chi connectivity index (χ4n) is 2.18. The molecule has 2 N–H and O–H groups in total. The average Bonchev–Trinajstić information content (AvgIpc) is 2.56. The van der Waals surface area contributed by atoms with Crippen LogP contribution in [0.2, 0.25) is 10.0 Å². The van der Waals surface area contributed by atoms with Gasteiger partial charge in [0.05, 0.1) is 29.0 Å². The molecule has 3 rings (SSSR count). The van der Waals surface area contributed by atoms with Gasteiger partial charge in [-0.3, -0.25) is 4.57 Å². The molecule has 3 aromatic rings. The molecule has 5 nitrogen and oxygen atoms in total. The number of aromatic nitrogens is 2. The van der Waals surface area contributed by atoms with Gasteiger partial charge in [0, 0.05) is 5.69 Å². The van der Waals surface area contributed by atoms with E-state index in [4.69, 9.17) is 33.7 Å². The van der Waals surface area contributed by atoms with Crippen molar-refractivity contribution in [3.8, 4) is 11.5 Å². The first-order valence-corrected chi connectivity index (χ1v) is 7.91. The Morgan fingerprint density at radius 2 is 1.80 bits per heavy atom. The maximum absolute atomic E-state index is 13.0. The first-order chi connectivity index (χ1) is 11.9. The van der Waals surface area contributed by atoms with Crippen molar-refractivity contribution >= 4 is 28.9 Å². The molecule has 1 heterocycles. The SMILES string of the molecule is Nc1cc(Cl)c(Oc2cnc(=O)n(Cc3ccc(F)cc3)c2)c(Cl)c1. The Labute approximate surface area is 152 Å². The van der Waals surface area contributed by atoms with Crippen LogP contribution in [0, 0.1) is 5.82 Å². The number of rotatable bonds is 4. The van der Waals surface area contributed by atoms with Crippen molar-refractivity contribution in [3.63, 3.8) is 0 Å². The van der Waals surface area contributed by atoms with Crippen molar-refractivity contribution in [2.45, 2.75) is 6.54 Å². The van der Waals surface area contributed by atoms with E-state index in [0.717, 1.165) is 5.56 Å². The summed E-state index contributed by atoms with van der Waals surface area (Å²) in [6, 6.07) is 8.83. The van der Waals surface area contributed by atoms with E-state index >= 15 is 0 Å². The quantitative estimate of drug-likeness (QED) is 0.692. The molecule has 0 aliphatic rings. The number of hydrogen-bond donors (Lipinski definition) is 1. The van der Waals surface area contributed by atoms with Gasteiger partial charge in [-0.25, -0.2) is 9.18 Å². The van der Waals surface area contributed by atoms with E-state index in [9.17, 15) is 9.18 Å². The molecular weight excluding hydrogens is 368 g/mol. The number of benzene rings is 2. The van der Waals surface area contributed by atoms with Crippen LogP contribution in [-0.2, 0) is 6.54 Å². The predicted octanol–water partition coefficient (Wildman–Crippen LogP) is 4.11. The molecule has 25 heavy (non-hydrogen) atoms. The lowest BCUT2D eigenvalue weighted by Crippen LogP contribution is -2.22. The smallest absolute Gasteiger partial charge is 0.348 e. The second-order valence-corrected chi connectivity index (χ2v) is 6.06. The van der Waals surface area contributed by atoms with E-state index in [-0.39, 0.29) is 33.9 Å². The van der Waals surface area contributed by atoms with Crippen LogP contribution in [0.1, 0.15) is 5.56 Å². The summed E-state index contributed by atoms with van der Waals surface area (Å²) in [5, 5.41) is 0.475. The molecule has 0 radical (unpaired) electrons. The van der Waals surface area contributed by atoms with Gasteiger partial charge in [0.1, 0.15) is 5.82 Å². The van der Waals surface area contributed by atoms with Crippen LogP contribution in [-0.4, -0.2) is 9.55 Å². The molecule has 8 heteroatoms. The van der Waals surface area contributed by atoms with Crippen LogP contribution >= 0.6 is 23.2 Å². The standard InChI is InChI=1S/C17H12Cl2FN3O2/c18-14-5-12(21)6-15(19)16(14)25-13-7-22-17(24)23(9-13)8-10-1-3-11(20)4-2-10/h1-7,9H,8,21H2. The monoisotopic (exact) mass is 379 g/mol. The first-order valence-electron chi connectivity index (χ1n) is 7.15. The lowest BCUT2D eigenvalue weighted by molar-refractivity contribution is 0.470. The zero-order valence-electron chi connectivity index (χ0n) is 12.7. The second kappa shape index (κ2) is 7.13. The molecule has 0 bridgehead atoms. The second-order valence-electron chi connectivity index (χ2n) is 5.24. The molecule has 0 atom stereocenters. The van der Waals surface area contributed by atoms with Crippen LogP contribution in [0.15, 0.2) is 53.6 Å². The third kappa shape index (κ3) is 4.10. The summed E-state index contributed by atoms with van der Waals surface area (Å²) >= 11 is 12.2. The van der Waals surface area contributed by atoms with Crippen LogP contribution in [0.4, 0.5) is 10.1 Å². The van der Waals surface area contributed by atoms with Gasteiger partial charge in [-0.1, -0.05) is 35.3 Å². The van der Waals surface area contributed by atoms with Crippen molar-refractivity contribution in [2.75, 3.05) is 5.73 Å². The molecule has 128 valence electrons. The third-order valence-corrected chi connectivity index (χ3v) is 3.90. The van der Waals surface area contributed by atoms with E-state index in [1.165, 1.54) is 41.2 Å². The molecule has 0 aliphatic carbocycles. The number of nitrogen functional groups attached to an aromatic ring is 1. The van der Waals surface area contributed by atoms with E-state index in [2.05, 4.69) is 4.98 Å². The molecule has 0 spiro atoms. The van der Waals surface area contributed by atoms with Gasteiger partial charge in [0.25, 0.3) is 0 Å². The molecule has 2 aromatic carbocycles. The fourth-order valence-corrected chi connectivity index (χ4v) is 2.76. The third-order valence-electron chi connectivity index (χ3n) is 3.34. The lowest BCUT2D eigenvalue weighted by Gasteiger charge is -2.12. The minimum Gasteiger partial charge on any atom is -0.451 e. The number of anilines is 1. The number of hydrogen-bond acceptors (Lipinski definition) is 4. The molecule has 0 fully saturated rings. The van der Waals surface area contributed by atoms with Gasteiger partial charge in [-0.2, -0.15) is 4.98 Å². The van der Waals surface area contributed by atoms with Crippen LogP contribution in [0.3, 0.4) is 0 Å². The molecule has 0 saturated carbocycles. The zero-order chi connectivity index (χ0) is 18.0. The Morgan fingerprint density at radius 1 is 1.16 bits per heavy atom. The van der Waals surface area contributed by atoms with E-state index in [0.29, 0.717) is 5.69 Å². The fraction of sp³-hybridized carbons (Fsp3) is 0.0588. The summed E-state index contributed by atoms with van der Waals surface area (Å²) in [4.78, 5) is 15.7. The average molecular weight is 380 g/mol. The molecule has 0 unspecified atom stereocenters. The van der Waals surface area contributed by atoms with Gasteiger partial charge in [0.15, 0.2) is 11.5 Å². The minimum absolute atomic E-state index is 0.214. The Balaban J connectivity index is 1.89. The van der Waals surface area contributed by atoms with E-state index < -0.39 is 5.69 Å². The predicted molar refractivity (Wildman–Crippen MR) is 94.9 cm³/mol. The van der Waals surface area contributed by atoms with Crippen molar-refractivity contribution < 1.29 is 9.13 Å². The lowest BCUT2D eigenvalue weighted by atomic mass is 10.2. The van der Waals surface area contributed by atoms with Crippen molar-refractivity contribution in [1.29, 1.82) is 0 Å². The highest BCUT2D eigenvalue weighted by molar-refractivity contribution is 6.37. The summed E-state index contributed by atoms with van der Waals surface area (Å²) in [5.41, 5.74) is 6.33. The summed E-state index contributed by atoms with van der Waals surface area (Å²) in [6.45, 7) is 0.215. The summed E-state index contributed by atoms with van der Waals surface area (Å²) in [6.07, 6.45) is 2.74. The van der Waals surface area contributed by atoms with Gasteiger partial charge in [-0.05, 0) is 29.8 Å². The minimum atomic E-state index is -0.467. The Kier molecular flexibility index (Phi) is 4.92. The maximum atomic E-state index is 13.0. The Bertz CT molecular complexity index is 951. The number of nitrogens with zero attached hydrogens (tertiary/aromatic N) is 2. The van der Waals surface area contributed by atoms with Gasteiger partial charge >= 0.3 is 5.69 Å². The number of nitrogens with two attached hydrogens (primary N) is 1. The van der Waals surface area contributed by atoms with Gasteiger partial charge in [0.2, 0.25) is 0 Å². The van der Waals surface area contributed by atoms with Crippen molar-refractivity contribution in [3.05, 3.63) is 80.7 Å². The normalized spacial score (nSPS) is 10.7. The molecule has 1 aromatic heterocycles. The highest BCUT2D eigenvalue weighted by atomic mass is 35.5. The van der Waals surface area contributed by atoms with Crippen LogP contribution < -0.4 is 16.2 Å². The number of halogens is 3. The Morgan fingerprint density at radius 3 is 2.44 bits per heavy atom. The van der Waals surface area contributed by atoms with Crippen LogP contribution in [0.5, 0.6) is 11.5 Å². The molecule has 0 amide bonds. The topological polar surface area (TPSA) is 70.1 Å². The van der Waals surface area contributed by atoms with Crippen molar-refractivity contribution in [1.82, 2.24) is 9.55 Å². The zero-order valence-corrected chi connectivity index (χ0v) is 14.3. The highest BCUT2D eigenvalue weighted by Crippen LogP contribution is 2.37. The first kappa shape index (κ1) is 17.3. The van der Waals surface area contributed by atoms with Gasteiger partial charge < -0.3 is 10.5 Å². The Hall–Kier alpha value is -2.57. The molecular formula is C17H12Cl2FN3O2. The summed E-state index contributed by atoms with van der Waals surface area (Å²) in [7, 11) is 0. The summed E-state index contributed by atoms with van der Waals surface area (Å²) in [5.74, 6) is 0.139. The molecule has 0 aliphatic heterocycles.